The summed E-state index contributed by atoms with van der Waals surface area (Å²) in [6.07, 6.45) is 4.89. The predicted octanol–water partition coefficient (Wildman–Crippen LogP) is 2.46. The van der Waals surface area contributed by atoms with Crippen LogP contribution >= 0.6 is 0 Å². The molecule has 2 rings (SSSR count). The zero-order valence-corrected chi connectivity index (χ0v) is 12.2. The fraction of sp³-hybridized carbons (Fsp3) is 0.375. The van der Waals surface area contributed by atoms with Crippen LogP contribution in [0.5, 0.6) is 0 Å². The maximum absolute atomic E-state index is 10.9. The zero-order chi connectivity index (χ0) is 15.1. The van der Waals surface area contributed by atoms with Crippen molar-refractivity contribution in [3.05, 3.63) is 53.3 Å². The van der Waals surface area contributed by atoms with Gasteiger partial charge in [-0.05, 0) is 37.3 Å². The van der Waals surface area contributed by atoms with Crippen molar-refractivity contribution in [2.45, 2.75) is 39.2 Å². The van der Waals surface area contributed by atoms with Crippen molar-refractivity contribution in [1.29, 1.82) is 0 Å². The number of nitrogens with zero attached hydrogens (tertiary/aromatic N) is 2. The summed E-state index contributed by atoms with van der Waals surface area (Å²) >= 11 is 0. The highest BCUT2D eigenvalue weighted by Gasteiger charge is 2.06. The SMILES string of the molecule is Cc1cn(Cc2ccccc2)nc1CCCCC(=O)NO. The second-order valence-corrected chi connectivity index (χ2v) is 5.18. The molecule has 0 spiro atoms. The average molecular weight is 287 g/mol. The number of hydrogen-bond donors (Lipinski definition) is 2. The standard InChI is InChI=1S/C16H21N3O2/c1-13-11-19(12-14-7-3-2-4-8-14)17-15(13)9-5-6-10-16(20)18-21/h2-4,7-8,11,21H,5-6,9-10,12H2,1H3,(H,18,20). The molecule has 0 saturated carbocycles. The first-order valence-corrected chi connectivity index (χ1v) is 7.19. The number of benzene rings is 1. The van der Waals surface area contributed by atoms with Crippen LogP contribution in [0.1, 0.15) is 36.1 Å². The molecule has 2 N–H and O–H groups in total. The Balaban J connectivity index is 1.86. The van der Waals surface area contributed by atoms with E-state index >= 15 is 0 Å². The van der Waals surface area contributed by atoms with E-state index in [0.29, 0.717) is 6.42 Å². The maximum Gasteiger partial charge on any atom is 0.243 e. The Bertz CT molecular complexity index is 578. The minimum Gasteiger partial charge on any atom is -0.289 e. The molecule has 1 amide bonds. The molecule has 2 aromatic rings. The average Bonchev–Trinajstić information content (AvgIpc) is 2.84. The van der Waals surface area contributed by atoms with Crippen LogP contribution in [0.25, 0.3) is 0 Å². The summed E-state index contributed by atoms with van der Waals surface area (Å²) in [6, 6.07) is 10.2. The molecule has 0 unspecified atom stereocenters. The Kier molecular flexibility index (Phi) is 5.51. The smallest absolute Gasteiger partial charge is 0.243 e. The fourth-order valence-electron chi connectivity index (χ4n) is 2.29. The highest BCUT2D eigenvalue weighted by molar-refractivity contribution is 5.74. The van der Waals surface area contributed by atoms with Gasteiger partial charge in [-0.15, -0.1) is 0 Å². The topological polar surface area (TPSA) is 67.2 Å². The van der Waals surface area contributed by atoms with E-state index in [1.807, 2.05) is 22.9 Å². The van der Waals surface area contributed by atoms with E-state index in [1.54, 1.807) is 5.48 Å². The normalized spacial score (nSPS) is 10.6. The van der Waals surface area contributed by atoms with Crippen LogP contribution in [0.2, 0.25) is 0 Å². The van der Waals surface area contributed by atoms with E-state index in [-0.39, 0.29) is 5.91 Å². The van der Waals surface area contributed by atoms with Crippen molar-refractivity contribution in [3.8, 4) is 0 Å². The quantitative estimate of drug-likeness (QED) is 0.467. The first-order chi connectivity index (χ1) is 10.2. The predicted molar refractivity (Wildman–Crippen MR) is 80.0 cm³/mol. The molecular formula is C16H21N3O2. The molecule has 0 aliphatic rings. The molecular weight excluding hydrogens is 266 g/mol. The molecule has 1 aromatic heterocycles. The number of hydroxylamine groups is 1. The Morgan fingerprint density at radius 2 is 2.05 bits per heavy atom. The number of aryl methyl sites for hydroxylation is 2. The van der Waals surface area contributed by atoms with Gasteiger partial charge >= 0.3 is 0 Å². The third-order valence-electron chi connectivity index (χ3n) is 3.43. The van der Waals surface area contributed by atoms with Gasteiger partial charge in [-0.2, -0.15) is 5.10 Å². The second-order valence-electron chi connectivity index (χ2n) is 5.18. The van der Waals surface area contributed by atoms with Crippen molar-refractivity contribution < 1.29 is 10.0 Å². The highest BCUT2D eigenvalue weighted by Crippen LogP contribution is 2.11. The van der Waals surface area contributed by atoms with Gasteiger partial charge in [0.2, 0.25) is 5.91 Å². The molecule has 5 nitrogen and oxygen atoms in total. The molecule has 5 heteroatoms. The lowest BCUT2D eigenvalue weighted by Gasteiger charge is -2.01. The highest BCUT2D eigenvalue weighted by atomic mass is 16.5. The number of hydrogen-bond acceptors (Lipinski definition) is 3. The molecule has 0 aliphatic heterocycles. The molecule has 0 saturated heterocycles. The third-order valence-corrected chi connectivity index (χ3v) is 3.43. The molecule has 0 fully saturated rings. The maximum atomic E-state index is 10.9. The van der Waals surface area contributed by atoms with Crippen LogP contribution in [0.15, 0.2) is 36.5 Å². The van der Waals surface area contributed by atoms with Crippen LogP contribution in [-0.4, -0.2) is 20.9 Å². The molecule has 1 aromatic carbocycles. The van der Waals surface area contributed by atoms with E-state index in [0.717, 1.165) is 31.5 Å². The van der Waals surface area contributed by atoms with Crippen LogP contribution in [-0.2, 0) is 17.8 Å². The van der Waals surface area contributed by atoms with Gasteiger partial charge in [0.1, 0.15) is 0 Å². The molecule has 0 aliphatic carbocycles. The van der Waals surface area contributed by atoms with Crippen molar-refractivity contribution in [1.82, 2.24) is 15.3 Å². The van der Waals surface area contributed by atoms with Gasteiger partial charge in [-0.1, -0.05) is 30.3 Å². The molecule has 0 atom stereocenters. The molecule has 21 heavy (non-hydrogen) atoms. The first-order valence-electron chi connectivity index (χ1n) is 7.19. The van der Waals surface area contributed by atoms with Gasteiger partial charge in [0.25, 0.3) is 0 Å². The van der Waals surface area contributed by atoms with Crippen molar-refractivity contribution in [2.75, 3.05) is 0 Å². The zero-order valence-electron chi connectivity index (χ0n) is 12.2. The van der Waals surface area contributed by atoms with Gasteiger partial charge in [-0.25, -0.2) is 5.48 Å². The van der Waals surface area contributed by atoms with Crippen molar-refractivity contribution in [3.63, 3.8) is 0 Å². The molecule has 112 valence electrons. The van der Waals surface area contributed by atoms with Crippen LogP contribution in [0, 0.1) is 6.92 Å². The van der Waals surface area contributed by atoms with Gasteiger partial charge < -0.3 is 0 Å². The summed E-state index contributed by atoms with van der Waals surface area (Å²) in [5.41, 5.74) is 5.13. The lowest BCUT2D eigenvalue weighted by molar-refractivity contribution is -0.129. The fourth-order valence-corrected chi connectivity index (χ4v) is 2.29. The van der Waals surface area contributed by atoms with Crippen LogP contribution in [0.4, 0.5) is 0 Å². The van der Waals surface area contributed by atoms with Crippen molar-refractivity contribution >= 4 is 5.91 Å². The second kappa shape index (κ2) is 7.59. The summed E-state index contributed by atoms with van der Waals surface area (Å²) in [5, 5.41) is 13.0. The van der Waals surface area contributed by atoms with E-state index in [9.17, 15) is 4.79 Å². The number of aromatic nitrogens is 2. The lowest BCUT2D eigenvalue weighted by Crippen LogP contribution is -2.17. The Hall–Kier alpha value is -2.14. The summed E-state index contributed by atoms with van der Waals surface area (Å²) in [6.45, 7) is 2.83. The molecule has 0 radical (unpaired) electrons. The largest absolute Gasteiger partial charge is 0.289 e. The van der Waals surface area contributed by atoms with E-state index in [1.165, 1.54) is 11.1 Å². The van der Waals surface area contributed by atoms with Gasteiger partial charge in [0.05, 0.1) is 12.2 Å². The van der Waals surface area contributed by atoms with Crippen molar-refractivity contribution in [2.24, 2.45) is 0 Å². The minimum atomic E-state index is -0.332. The third kappa shape index (κ3) is 4.72. The Morgan fingerprint density at radius 1 is 1.29 bits per heavy atom. The number of carbonyl (C=O) groups is 1. The van der Waals surface area contributed by atoms with Crippen LogP contribution in [0.3, 0.4) is 0 Å². The number of rotatable bonds is 7. The first kappa shape index (κ1) is 15.3. The van der Waals surface area contributed by atoms with E-state index in [2.05, 4.69) is 30.4 Å². The number of amides is 1. The van der Waals surface area contributed by atoms with Crippen LogP contribution < -0.4 is 5.48 Å². The number of nitrogens with one attached hydrogen (secondary N) is 1. The Morgan fingerprint density at radius 3 is 2.76 bits per heavy atom. The summed E-state index contributed by atoms with van der Waals surface area (Å²) in [4.78, 5) is 10.9. The molecule has 1 heterocycles. The monoisotopic (exact) mass is 287 g/mol. The number of carbonyl (C=O) groups excluding carboxylic acids is 1. The van der Waals surface area contributed by atoms with Gasteiger partial charge in [-0.3, -0.25) is 14.7 Å². The minimum absolute atomic E-state index is 0.332. The molecule has 0 bridgehead atoms. The number of unbranched alkanes of at least 4 members (excludes halogenated alkanes) is 1. The summed E-state index contributed by atoms with van der Waals surface area (Å²) in [5.74, 6) is -0.332. The lowest BCUT2D eigenvalue weighted by atomic mass is 10.1. The van der Waals surface area contributed by atoms with Gasteiger partial charge in [0.15, 0.2) is 0 Å². The summed E-state index contributed by atoms with van der Waals surface area (Å²) in [7, 11) is 0. The Labute approximate surface area is 124 Å². The van der Waals surface area contributed by atoms with E-state index < -0.39 is 0 Å². The van der Waals surface area contributed by atoms with E-state index in [4.69, 9.17) is 5.21 Å². The summed E-state index contributed by atoms with van der Waals surface area (Å²) < 4.78 is 1.96. The van der Waals surface area contributed by atoms with Gasteiger partial charge in [0, 0.05) is 12.6 Å².